The summed E-state index contributed by atoms with van der Waals surface area (Å²) in [4.78, 5) is 8.79. The van der Waals surface area contributed by atoms with E-state index < -0.39 is 0 Å². The average Bonchev–Trinajstić information content (AvgIpc) is 2.22. The number of hydrogen-bond acceptors (Lipinski definition) is 4. The van der Waals surface area contributed by atoms with Gasteiger partial charge in [0.2, 0.25) is 0 Å². The van der Waals surface area contributed by atoms with E-state index in [0.29, 0.717) is 6.04 Å². The molecule has 1 rings (SSSR count). The van der Waals surface area contributed by atoms with Gasteiger partial charge in [-0.2, -0.15) is 0 Å². The zero-order valence-electron chi connectivity index (χ0n) is 10.6. The van der Waals surface area contributed by atoms with Crippen molar-refractivity contribution in [1.29, 1.82) is 0 Å². The fraction of sp³-hybridized carbons (Fsp3) is 0.667. The Hall–Kier alpha value is -0.610. The van der Waals surface area contributed by atoms with E-state index in [1.54, 1.807) is 11.8 Å². The first kappa shape index (κ1) is 13.5. The SMILES string of the molecule is CCC(C)NCCSc1nc(C)cc(C)n1. The highest BCUT2D eigenvalue weighted by atomic mass is 32.2. The maximum absolute atomic E-state index is 4.39. The van der Waals surface area contributed by atoms with Crippen molar-refractivity contribution in [3.8, 4) is 0 Å². The van der Waals surface area contributed by atoms with Crippen molar-refractivity contribution in [2.45, 2.75) is 45.3 Å². The second-order valence-corrected chi connectivity index (χ2v) is 5.11. The van der Waals surface area contributed by atoms with E-state index in [1.165, 1.54) is 6.42 Å². The molecule has 1 atom stereocenters. The fourth-order valence-corrected chi connectivity index (χ4v) is 2.17. The van der Waals surface area contributed by atoms with Crippen LogP contribution in [0.2, 0.25) is 0 Å². The molecular formula is C12H21N3S. The molecule has 0 spiro atoms. The summed E-state index contributed by atoms with van der Waals surface area (Å²) in [7, 11) is 0. The Morgan fingerprint density at radius 3 is 2.50 bits per heavy atom. The lowest BCUT2D eigenvalue weighted by atomic mass is 10.3. The first-order valence-corrected chi connectivity index (χ1v) is 6.79. The van der Waals surface area contributed by atoms with Crippen LogP contribution in [0.3, 0.4) is 0 Å². The molecule has 16 heavy (non-hydrogen) atoms. The molecule has 0 aliphatic carbocycles. The molecule has 1 aromatic heterocycles. The number of aryl methyl sites for hydroxylation is 2. The number of aromatic nitrogens is 2. The van der Waals surface area contributed by atoms with Crippen LogP contribution in [-0.2, 0) is 0 Å². The molecule has 0 saturated carbocycles. The van der Waals surface area contributed by atoms with E-state index in [1.807, 2.05) is 19.9 Å². The van der Waals surface area contributed by atoms with Crippen LogP contribution in [0, 0.1) is 13.8 Å². The summed E-state index contributed by atoms with van der Waals surface area (Å²) in [5.41, 5.74) is 2.09. The molecule has 0 saturated heterocycles. The highest BCUT2D eigenvalue weighted by Gasteiger charge is 2.01. The summed E-state index contributed by atoms with van der Waals surface area (Å²) in [6, 6.07) is 2.60. The zero-order chi connectivity index (χ0) is 12.0. The molecule has 0 amide bonds. The van der Waals surface area contributed by atoms with Crippen LogP contribution in [-0.4, -0.2) is 28.3 Å². The van der Waals surface area contributed by atoms with E-state index in [4.69, 9.17) is 0 Å². The summed E-state index contributed by atoms with van der Waals surface area (Å²) in [5.74, 6) is 1.02. The molecule has 3 nitrogen and oxygen atoms in total. The Kier molecular flexibility index (Phi) is 5.77. The first-order chi connectivity index (χ1) is 7.61. The van der Waals surface area contributed by atoms with Crippen molar-refractivity contribution in [2.75, 3.05) is 12.3 Å². The monoisotopic (exact) mass is 239 g/mol. The molecule has 0 fully saturated rings. The number of rotatable bonds is 6. The van der Waals surface area contributed by atoms with Gasteiger partial charge in [-0.15, -0.1) is 0 Å². The third-order valence-electron chi connectivity index (χ3n) is 2.40. The molecule has 1 N–H and O–H groups in total. The van der Waals surface area contributed by atoms with Crippen molar-refractivity contribution in [3.63, 3.8) is 0 Å². The van der Waals surface area contributed by atoms with Crippen LogP contribution in [0.1, 0.15) is 31.7 Å². The zero-order valence-corrected chi connectivity index (χ0v) is 11.4. The first-order valence-electron chi connectivity index (χ1n) is 5.80. The van der Waals surface area contributed by atoms with Gasteiger partial charge in [0.25, 0.3) is 0 Å². The maximum Gasteiger partial charge on any atom is 0.188 e. The van der Waals surface area contributed by atoms with Gasteiger partial charge in [0.15, 0.2) is 5.16 Å². The molecule has 90 valence electrons. The number of nitrogens with one attached hydrogen (secondary N) is 1. The van der Waals surface area contributed by atoms with Crippen molar-refractivity contribution in [2.24, 2.45) is 0 Å². The third-order valence-corrected chi connectivity index (χ3v) is 3.25. The predicted octanol–water partition coefficient (Wildman–Crippen LogP) is 2.57. The molecular weight excluding hydrogens is 218 g/mol. The van der Waals surface area contributed by atoms with Crippen LogP contribution in [0.15, 0.2) is 11.2 Å². The van der Waals surface area contributed by atoms with Gasteiger partial charge in [-0.25, -0.2) is 9.97 Å². The Morgan fingerprint density at radius 1 is 1.31 bits per heavy atom. The Labute approximate surface area is 102 Å². The second-order valence-electron chi connectivity index (χ2n) is 4.05. The highest BCUT2D eigenvalue weighted by molar-refractivity contribution is 7.99. The molecule has 1 aromatic rings. The van der Waals surface area contributed by atoms with Crippen molar-refractivity contribution >= 4 is 11.8 Å². The van der Waals surface area contributed by atoms with E-state index in [0.717, 1.165) is 28.8 Å². The number of hydrogen-bond donors (Lipinski definition) is 1. The summed E-state index contributed by atoms with van der Waals surface area (Å²) in [6.07, 6.45) is 1.17. The Morgan fingerprint density at radius 2 is 1.94 bits per heavy atom. The van der Waals surface area contributed by atoms with Crippen molar-refractivity contribution in [1.82, 2.24) is 15.3 Å². The topological polar surface area (TPSA) is 37.8 Å². The molecule has 0 radical (unpaired) electrons. The Bertz CT molecular complexity index is 308. The standard InChI is InChI=1S/C12H21N3S/c1-5-9(2)13-6-7-16-12-14-10(3)8-11(4)15-12/h8-9,13H,5-7H2,1-4H3. The minimum absolute atomic E-state index is 0.598. The van der Waals surface area contributed by atoms with Gasteiger partial charge >= 0.3 is 0 Å². The van der Waals surface area contributed by atoms with Gasteiger partial charge in [-0.1, -0.05) is 18.7 Å². The molecule has 4 heteroatoms. The Balaban J connectivity index is 2.32. The van der Waals surface area contributed by atoms with Gasteiger partial charge in [0.1, 0.15) is 0 Å². The van der Waals surface area contributed by atoms with E-state index in [9.17, 15) is 0 Å². The summed E-state index contributed by atoms with van der Waals surface area (Å²) in [5, 5.41) is 4.35. The van der Waals surface area contributed by atoms with Crippen LogP contribution in [0.4, 0.5) is 0 Å². The van der Waals surface area contributed by atoms with Crippen LogP contribution in [0.5, 0.6) is 0 Å². The summed E-state index contributed by atoms with van der Waals surface area (Å²) < 4.78 is 0. The lowest BCUT2D eigenvalue weighted by Crippen LogP contribution is -2.27. The van der Waals surface area contributed by atoms with Crippen molar-refractivity contribution < 1.29 is 0 Å². The minimum Gasteiger partial charge on any atom is -0.313 e. The van der Waals surface area contributed by atoms with Gasteiger partial charge in [0, 0.05) is 29.7 Å². The van der Waals surface area contributed by atoms with Crippen LogP contribution in [0.25, 0.3) is 0 Å². The third kappa shape index (κ3) is 4.94. The van der Waals surface area contributed by atoms with E-state index in [2.05, 4.69) is 29.1 Å². The molecule has 0 aliphatic heterocycles. The van der Waals surface area contributed by atoms with Crippen LogP contribution < -0.4 is 5.32 Å². The highest BCUT2D eigenvalue weighted by Crippen LogP contribution is 2.13. The van der Waals surface area contributed by atoms with E-state index >= 15 is 0 Å². The largest absolute Gasteiger partial charge is 0.313 e. The summed E-state index contributed by atoms with van der Waals surface area (Å²) in [6.45, 7) is 9.43. The average molecular weight is 239 g/mol. The lowest BCUT2D eigenvalue weighted by Gasteiger charge is -2.10. The smallest absolute Gasteiger partial charge is 0.188 e. The fourth-order valence-electron chi connectivity index (χ4n) is 1.35. The quantitative estimate of drug-likeness (QED) is 0.470. The molecule has 0 aromatic carbocycles. The number of nitrogens with zero attached hydrogens (tertiary/aromatic N) is 2. The van der Waals surface area contributed by atoms with E-state index in [-0.39, 0.29) is 0 Å². The maximum atomic E-state index is 4.39. The number of thioether (sulfide) groups is 1. The van der Waals surface area contributed by atoms with Gasteiger partial charge in [-0.3, -0.25) is 0 Å². The van der Waals surface area contributed by atoms with Gasteiger partial charge in [-0.05, 0) is 33.3 Å². The minimum atomic E-state index is 0.598. The molecule has 1 heterocycles. The molecule has 0 bridgehead atoms. The normalized spacial score (nSPS) is 12.8. The molecule has 1 unspecified atom stereocenters. The predicted molar refractivity (Wildman–Crippen MR) is 70.0 cm³/mol. The van der Waals surface area contributed by atoms with Crippen molar-refractivity contribution in [3.05, 3.63) is 17.5 Å². The lowest BCUT2D eigenvalue weighted by molar-refractivity contribution is 0.555. The molecule has 0 aliphatic rings. The van der Waals surface area contributed by atoms with Gasteiger partial charge < -0.3 is 5.32 Å². The van der Waals surface area contributed by atoms with Crippen LogP contribution >= 0.6 is 11.8 Å². The second kappa shape index (κ2) is 6.86. The van der Waals surface area contributed by atoms with Gasteiger partial charge in [0.05, 0.1) is 0 Å². The summed E-state index contributed by atoms with van der Waals surface area (Å²) >= 11 is 1.72.